The molecule has 17 amide bonds. The number of aromatic nitrogens is 1. The number of phenols is 1. The number of aliphatic hydroxyl groups is 3. The first-order chi connectivity index (χ1) is 62.0. The SMILES string of the molecule is CCCC[C@H]1C(=O)N(C)[C@@H](CCCC)C(=O)N[C@@H](CCCNC(=N)N)C(=O)N[C@H](C(=O)NCC(N)=O)CSCC(=O)N[C@@H](Cc2ccc(O)cc2)C(=O)N(C)[C@@H](C)C(=O)N[C@H](CC(N)=O)C(=O)N2CCC[C@H]2C(=O)N[C@@H](CO)C(=O)N[C@@H](CCO)C(=O)N2CCC[C@H]2C(=O)N[C@@H](Cc2c[nH]c3ccccc23)C(=O)N[C@@H](CO)C(=O)N[C@@H](Cc2csc3ccccc23)C(=O)N1C. The van der Waals surface area contributed by atoms with E-state index in [0.717, 1.165) is 41.0 Å². The van der Waals surface area contributed by atoms with Gasteiger partial charge in [-0.1, -0.05) is 88.1 Å². The number of aliphatic hydroxyl groups excluding tert-OH is 3. The lowest BCUT2D eigenvalue weighted by Gasteiger charge is -2.36. The fourth-order valence-corrected chi connectivity index (χ4v) is 17.6. The summed E-state index contributed by atoms with van der Waals surface area (Å²) in [4.78, 5) is 256. The van der Waals surface area contributed by atoms with Crippen molar-refractivity contribution in [1.82, 2.24) is 88.0 Å². The second-order valence-electron chi connectivity index (χ2n) is 32.5. The Morgan fingerprint density at radius 3 is 1.64 bits per heavy atom. The van der Waals surface area contributed by atoms with Gasteiger partial charge < -0.3 is 126 Å². The molecule has 5 heterocycles. The molecule has 2 aromatic heterocycles. The van der Waals surface area contributed by atoms with Crippen molar-refractivity contribution in [2.75, 3.05) is 78.6 Å². The number of nitrogens with one attached hydrogen (secondary N) is 13. The molecule has 0 unspecified atom stereocenters. The van der Waals surface area contributed by atoms with Crippen molar-refractivity contribution in [1.29, 1.82) is 5.41 Å². The number of likely N-dealkylation sites (N-methyl/N-ethyl adjacent to an activating group) is 3. The smallest absolute Gasteiger partial charge is 0.246 e. The molecule has 3 saturated heterocycles. The zero-order chi connectivity index (χ0) is 95.2. The molecular formula is C86H121N21O21S2. The molecule has 3 aromatic carbocycles. The second kappa shape index (κ2) is 49.9. The number of nitrogens with zero attached hydrogens (tertiary/aromatic N) is 5. The van der Waals surface area contributed by atoms with E-state index in [2.05, 4.69) is 63.5 Å². The number of thiophene rings is 1. The van der Waals surface area contributed by atoms with Crippen LogP contribution < -0.4 is 75.7 Å². The molecule has 44 heteroatoms. The minimum Gasteiger partial charge on any atom is -0.508 e. The first kappa shape index (κ1) is 103. The van der Waals surface area contributed by atoms with Crippen molar-refractivity contribution in [2.45, 2.75) is 215 Å². The van der Waals surface area contributed by atoms with E-state index < -0.39 is 242 Å². The highest BCUT2D eigenvalue weighted by Crippen LogP contribution is 2.30. The number of guanidine groups is 1. The molecule has 0 aliphatic carbocycles. The molecule has 8 rings (SSSR count). The molecule has 3 fully saturated rings. The minimum atomic E-state index is -1.86. The van der Waals surface area contributed by atoms with Gasteiger partial charge in [-0.15, -0.1) is 23.1 Å². The Kier molecular flexibility index (Phi) is 39.4. The maximum Gasteiger partial charge on any atom is 0.246 e. The fourth-order valence-electron chi connectivity index (χ4n) is 15.7. The third kappa shape index (κ3) is 28.5. The van der Waals surface area contributed by atoms with Crippen molar-refractivity contribution in [3.8, 4) is 5.75 Å². The van der Waals surface area contributed by atoms with Gasteiger partial charge in [0.25, 0.3) is 0 Å². The van der Waals surface area contributed by atoms with Crippen LogP contribution in [0.4, 0.5) is 0 Å². The Bertz CT molecular complexity index is 4880. The third-order valence-electron chi connectivity index (χ3n) is 23.1. The number of carbonyl (C=O) groups excluding carboxylic acids is 17. The summed E-state index contributed by atoms with van der Waals surface area (Å²) in [6.07, 6.45) is 1.21. The number of phenolic OH excluding ortho intramolecular Hbond substituents is 1. The van der Waals surface area contributed by atoms with Crippen molar-refractivity contribution >= 4 is 150 Å². The first-order valence-electron chi connectivity index (χ1n) is 43.3. The van der Waals surface area contributed by atoms with Gasteiger partial charge in [0.15, 0.2) is 5.96 Å². The molecule has 0 saturated carbocycles. The van der Waals surface area contributed by atoms with Crippen LogP contribution in [0.5, 0.6) is 5.75 Å². The second-order valence-corrected chi connectivity index (χ2v) is 34.4. The standard InChI is InChI=1S/C86H121N21O21S2/c1-7-9-22-64-78(121)95-55(21-15-32-91-86(89)90)74(117)102-63(73(116)93-41-70(88)113)45-129-46-71(114)94-58(36-48-27-29-51(111)30-28-48)81(124)103(4)47(3)72(115)98-60(39-69(87)112)84(127)107-34-17-25-66(107)80(123)101-62(43-110)76(119)96-56(31-35-108)83(126)106-33-16-24-65(106)79(122)97-57(37-49-40-92-54-20-13-11-18-52(49)54)75(118)100-61(42-109)77(120)99-59(38-50-44-130-68-26-14-12-19-53(50)68)82(125)105(6)67(23-10-8-2)85(128)104(64)5/h11-14,18-20,26-30,40,44,47,55-67,92,108-111H,7-10,15-17,21-25,31-39,41-43,45-46H2,1-6H3,(H2,87,112)(H2,88,113)(H,93,116)(H,94,114)(H,95,121)(H,96,119)(H,97,122)(H,98,115)(H,99,120)(H,100,118)(H,101,123)(H,102,117)(H4,89,90,91)/t47-,55-,56-,57-,58-,59-,60+,61-,62-,63-,64-,65-,66-,67-/m0/s1. The molecule has 0 spiro atoms. The van der Waals surface area contributed by atoms with Gasteiger partial charge in [0.1, 0.15) is 90.3 Å². The van der Waals surface area contributed by atoms with Gasteiger partial charge >= 0.3 is 0 Å². The molecule has 0 radical (unpaired) electrons. The Morgan fingerprint density at radius 2 is 1.03 bits per heavy atom. The normalized spacial score (nSPS) is 24.6. The van der Waals surface area contributed by atoms with Crippen LogP contribution in [0.2, 0.25) is 0 Å². The predicted octanol–water partition coefficient (Wildman–Crippen LogP) is -3.80. The average Bonchev–Trinajstić information content (AvgIpc) is 1.45. The van der Waals surface area contributed by atoms with Gasteiger partial charge in [-0.3, -0.25) is 86.9 Å². The number of carbonyl (C=O) groups is 17. The average molecular weight is 1850 g/mol. The van der Waals surface area contributed by atoms with Crippen LogP contribution in [-0.4, -0.2) is 320 Å². The summed E-state index contributed by atoms with van der Waals surface area (Å²) >= 11 is 2.10. The lowest BCUT2D eigenvalue weighted by Crippen LogP contribution is -2.62. The Hall–Kier alpha value is -12.6. The molecule has 42 nitrogen and oxygen atoms in total. The van der Waals surface area contributed by atoms with Gasteiger partial charge in [-0.05, 0) is 116 Å². The van der Waals surface area contributed by atoms with Gasteiger partial charge in [-0.2, -0.15) is 0 Å². The number of para-hydroxylation sites is 1. The summed E-state index contributed by atoms with van der Waals surface area (Å²) < 4.78 is 0.812. The number of hydrogen-bond acceptors (Lipinski definition) is 24. The van der Waals surface area contributed by atoms with Crippen LogP contribution in [0.15, 0.2) is 84.4 Å². The zero-order valence-electron chi connectivity index (χ0n) is 73.6. The highest BCUT2D eigenvalue weighted by molar-refractivity contribution is 8.00. The molecule has 708 valence electrons. The van der Waals surface area contributed by atoms with Crippen molar-refractivity contribution in [3.05, 3.63) is 101 Å². The molecule has 0 bridgehead atoms. The van der Waals surface area contributed by atoms with E-state index in [4.69, 9.17) is 22.6 Å². The fraction of sp³-hybridized carbons (Fsp3) is 0.535. The van der Waals surface area contributed by atoms with Crippen molar-refractivity contribution in [2.24, 2.45) is 17.2 Å². The summed E-state index contributed by atoms with van der Waals surface area (Å²) in [7, 11) is 3.89. The van der Waals surface area contributed by atoms with Crippen LogP contribution in [-0.2, 0) is 101 Å². The first-order valence-corrected chi connectivity index (χ1v) is 45.3. The molecule has 3 aliphatic rings. The Labute approximate surface area is 759 Å². The molecule has 130 heavy (non-hydrogen) atoms. The number of nitrogens with two attached hydrogens (primary N) is 3. The van der Waals surface area contributed by atoms with E-state index in [0.29, 0.717) is 58.7 Å². The number of aromatic amines is 1. The minimum absolute atomic E-state index is 0.00186. The summed E-state index contributed by atoms with van der Waals surface area (Å²) in [5, 5.41) is 81.7. The maximum atomic E-state index is 15.7. The molecule has 5 aromatic rings. The highest BCUT2D eigenvalue weighted by Gasteiger charge is 2.45. The predicted molar refractivity (Wildman–Crippen MR) is 479 cm³/mol. The number of thioether (sulfide) groups is 1. The van der Waals surface area contributed by atoms with E-state index in [1.165, 1.54) is 63.7 Å². The van der Waals surface area contributed by atoms with Gasteiger partial charge in [-0.25, -0.2) is 0 Å². The number of rotatable bonds is 25. The Morgan fingerprint density at radius 1 is 0.508 bits per heavy atom. The topological polar surface area (TPSA) is 637 Å². The number of amides is 17. The van der Waals surface area contributed by atoms with Crippen molar-refractivity contribution < 1.29 is 102 Å². The van der Waals surface area contributed by atoms with Gasteiger partial charge in [0.05, 0.1) is 31.9 Å². The van der Waals surface area contributed by atoms with Crippen LogP contribution >= 0.6 is 23.1 Å². The third-order valence-corrected chi connectivity index (χ3v) is 25.1. The molecule has 14 atom stereocenters. The number of benzene rings is 3. The summed E-state index contributed by atoms with van der Waals surface area (Å²) in [6, 6.07) is -2.33. The molecule has 3 aliphatic heterocycles. The van der Waals surface area contributed by atoms with E-state index in [9.17, 15) is 78.0 Å². The number of hydrogen-bond donors (Lipinski definition) is 20. The number of fused-ring (bicyclic) bond motifs is 4. The van der Waals surface area contributed by atoms with Crippen LogP contribution in [0.1, 0.15) is 127 Å². The van der Waals surface area contributed by atoms with E-state index in [-0.39, 0.29) is 96.0 Å². The van der Waals surface area contributed by atoms with E-state index >= 15 is 24.0 Å². The summed E-state index contributed by atoms with van der Waals surface area (Å²) in [5.41, 5.74) is 18.8. The molecular weight excluding hydrogens is 1730 g/mol. The zero-order valence-corrected chi connectivity index (χ0v) is 75.2. The van der Waals surface area contributed by atoms with Crippen LogP contribution in [0, 0.1) is 5.41 Å². The number of H-pyrrole nitrogens is 1. The van der Waals surface area contributed by atoms with Crippen molar-refractivity contribution in [3.63, 3.8) is 0 Å². The van der Waals surface area contributed by atoms with Crippen LogP contribution in [0.3, 0.4) is 0 Å². The highest BCUT2D eigenvalue weighted by atomic mass is 32.2. The monoisotopic (exact) mass is 1850 g/mol. The molecule has 23 N–H and O–H groups in total. The van der Waals surface area contributed by atoms with Gasteiger partial charge in [0.2, 0.25) is 100 Å². The quantitative estimate of drug-likeness (QED) is 0.0151. The number of unbranched alkanes of at least 4 members (excludes halogenated alkanes) is 2. The van der Waals surface area contributed by atoms with Crippen LogP contribution in [0.25, 0.3) is 21.0 Å². The number of primary amides is 2. The number of aromatic hydroxyl groups is 1. The Balaban J connectivity index is 1.17. The largest absolute Gasteiger partial charge is 0.508 e. The lowest BCUT2D eigenvalue weighted by atomic mass is 10.00. The maximum absolute atomic E-state index is 15.7. The lowest BCUT2D eigenvalue weighted by molar-refractivity contribution is -0.149. The summed E-state index contributed by atoms with van der Waals surface area (Å²) in [5.74, 6) is -18.0. The van der Waals surface area contributed by atoms with Gasteiger partial charge in [0, 0.05) is 94.2 Å². The summed E-state index contributed by atoms with van der Waals surface area (Å²) in [6.45, 7) is 1.01. The van der Waals surface area contributed by atoms with E-state index in [1.54, 1.807) is 41.9 Å². The van der Waals surface area contributed by atoms with E-state index in [1.807, 2.05) is 32.0 Å².